The fourth-order valence-electron chi connectivity index (χ4n) is 5.04. The summed E-state index contributed by atoms with van der Waals surface area (Å²) in [6, 6.07) is 13.8. The molecule has 4 rings (SSSR count). The van der Waals surface area contributed by atoms with E-state index in [-0.39, 0.29) is 53.6 Å². The van der Waals surface area contributed by atoms with Crippen molar-refractivity contribution < 1.29 is 35.9 Å². The highest BCUT2D eigenvalue weighted by molar-refractivity contribution is 7.91. The minimum atomic E-state index is -4.72. The molecule has 2 N–H and O–H groups in total. The summed E-state index contributed by atoms with van der Waals surface area (Å²) in [7, 11) is -3.15. The molecule has 0 radical (unpaired) electrons. The molecule has 2 aromatic carbocycles. The molecule has 0 aromatic heterocycles. The molecule has 218 valence electrons. The molecule has 40 heavy (non-hydrogen) atoms. The third kappa shape index (κ3) is 8.20. The number of ether oxygens (including phenoxy) is 1. The van der Waals surface area contributed by atoms with Gasteiger partial charge in [-0.2, -0.15) is 0 Å². The molecular weight excluding hydrogens is 547 g/mol. The van der Waals surface area contributed by atoms with Crippen LogP contribution in [-0.4, -0.2) is 74.2 Å². The van der Waals surface area contributed by atoms with Crippen LogP contribution in [0.1, 0.15) is 54.4 Å². The Morgan fingerprint density at radius 3 is 2.33 bits per heavy atom. The van der Waals surface area contributed by atoms with Crippen LogP contribution >= 0.6 is 0 Å². The molecule has 2 amide bonds. The van der Waals surface area contributed by atoms with Crippen LogP contribution in [0.15, 0.2) is 54.6 Å². The molecule has 2 aromatic rings. The van der Waals surface area contributed by atoms with Crippen LogP contribution in [0.2, 0.25) is 0 Å². The van der Waals surface area contributed by atoms with Crippen molar-refractivity contribution in [3.05, 3.63) is 65.7 Å². The van der Waals surface area contributed by atoms with Gasteiger partial charge in [0.25, 0.3) is 5.91 Å². The van der Waals surface area contributed by atoms with Crippen molar-refractivity contribution in [2.75, 3.05) is 31.1 Å². The van der Waals surface area contributed by atoms with Gasteiger partial charge in [0, 0.05) is 30.1 Å². The Morgan fingerprint density at radius 2 is 1.70 bits per heavy atom. The van der Waals surface area contributed by atoms with Crippen LogP contribution in [-0.2, 0) is 14.6 Å². The number of nitrogens with one attached hydrogen (secondary N) is 2. The molecule has 12 heteroatoms. The molecule has 0 unspecified atom stereocenters. The zero-order valence-electron chi connectivity index (χ0n) is 22.2. The van der Waals surface area contributed by atoms with Crippen molar-refractivity contribution in [1.29, 1.82) is 0 Å². The Morgan fingerprint density at radius 1 is 1.05 bits per heavy atom. The van der Waals surface area contributed by atoms with E-state index in [1.807, 2.05) is 0 Å². The normalized spacial score (nSPS) is 22.8. The topological polar surface area (TPSA) is 105 Å². The highest BCUT2D eigenvalue weighted by atomic mass is 32.2. The maximum Gasteiger partial charge on any atom is 0.573 e. The van der Waals surface area contributed by atoms with Gasteiger partial charge in [0.15, 0.2) is 9.84 Å². The Balaban J connectivity index is 1.27. The zero-order valence-corrected chi connectivity index (χ0v) is 23.1. The van der Waals surface area contributed by atoms with Crippen LogP contribution in [0.3, 0.4) is 0 Å². The number of benzene rings is 2. The predicted octanol–water partition coefficient (Wildman–Crippen LogP) is 3.65. The van der Waals surface area contributed by atoms with Gasteiger partial charge < -0.3 is 20.3 Å². The molecule has 1 heterocycles. The average molecular weight is 582 g/mol. The predicted molar refractivity (Wildman–Crippen MR) is 144 cm³/mol. The molecule has 1 aliphatic heterocycles. The first-order chi connectivity index (χ1) is 18.9. The summed E-state index contributed by atoms with van der Waals surface area (Å²) in [4.78, 5) is 27.5. The maximum absolute atomic E-state index is 13.2. The number of nitrogens with zero attached hydrogens (tertiary/aromatic N) is 1. The summed E-state index contributed by atoms with van der Waals surface area (Å²) in [5.41, 5.74) is 1.19. The Hall–Kier alpha value is -3.12. The van der Waals surface area contributed by atoms with E-state index in [4.69, 9.17) is 0 Å². The molecule has 0 bridgehead atoms. The van der Waals surface area contributed by atoms with E-state index in [0.717, 1.165) is 18.4 Å². The molecule has 3 atom stereocenters. The second-order valence-electron chi connectivity index (χ2n) is 10.6. The molecule has 1 saturated carbocycles. The van der Waals surface area contributed by atoms with E-state index < -0.39 is 22.2 Å². The van der Waals surface area contributed by atoms with Gasteiger partial charge in [0.2, 0.25) is 5.91 Å². The number of amides is 2. The number of alkyl halides is 3. The quantitative estimate of drug-likeness (QED) is 0.393. The van der Waals surface area contributed by atoms with E-state index in [2.05, 4.69) is 22.3 Å². The highest BCUT2D eigenvalue weighted by Gasteiger charge is 2.50. The lowest BCUT2D eigenvalue weighted by molar-refractivity contribution is -0.274. The maximum atomic E-state index is 13.2. The molecule has 0 spiro atoms. The lowest BCUT2D eigenvalue weighted by atomic mass is 10.1. The summed E-state index contributed by atoms with van der Waals surface area (Å²) < 4.78 is 64.7. The lowest BCUT2D eigenvalue weighted by Gasteiger charge is -2.30. The second-order valence-corrected chi connectivity index (χ2v) is 12.9. The molecule has 2 aliphatic rings. The fraction of sp³-hybridized carbons (Fsp3) is 0.500. The number of halogens is 3. The Labute approximate surface area is 232 Å². The average Bonchev–Trinajstić information content (AvgIpc) is 3.58. The minimum Gasteiger partial charge on any atom is -0.406 e. The van der Waals surface area contributed by atoms with Crippen molar-refractivity contribution in [3.8, 4) is 5.75 Å². The van der Waals surface area contributed by atoms with Gasteiger partial charge in [-0.05, 0) is 69.0 Å². The number of carbonyl (C=O) groups excluding carboxylic acids is 2. The number of hydrogen-bond acceptors (Lipinski definition) is 6. The van der Waals surface area contributed by atoms with Crippen LogP contribution in [0.25, 0.3) is 0 Å². The summed E-state index contributed by atoms with van der Waals surface area (Å²) >= 11 is 0. The van der Waals surface area contributed by atoms with Gasteiger partial charge in [-0.1, -0.05) is 30.3 Å². The summed E-state index contributed by atoms with van der Waals surface area (Å²) in [5, 5.41) is 6.35. The second kappa shape index (κ2) is 12.2. The number of hydrogen-bond donors (Lipinski definition) is 2. The fourth-order valence-corrected chi connectivity index (χ4v) is 6.24. The first-order valence-electron chi connectivity index (χ1n) is 13.3. The first-order valence-corrected chi connectivity index (χ1v) is 15.1. The zero-order chi connectivity index (χ0) is 29.0. The van der Waals surface area contributed by atoms with Crippen LogP contribution in [0, 0.1) is 0 Å². The molecular formula is C28H34F3N3O5S. The van der Waals surface area contributed by atoms with Gasteiger partial charge in [0.1, 0.15) is 11.8 Å². The number of rotatable bonds is 11. The highest BCUT2D eigenvalue weighted by Crippen LogP contribution is 2.51. The largest absolute Gasteiger partial charge is 0.573 e. The van der Waals surface area contributed by atoms with Crippen LogP contribution in [0.5, 0.6) is 5.75 Å². The minimum absolute atomic E-state index is 0.0835. The van der Waals surface area contributed by atoms with E-state index in [1.165, 1.54) is 17.0 Å². The molecule has 8 nitrogen and oxygen atoms in total. The van der Waals surface area contributed by atoms with Crippen LogP contribution in [0.4, 0.5) is 13.2 Å². The summed E-state index contributed by atoms with van der Waals surface area (Å²) in [6.45, 7) is 2.96. The van der Waals surface area contributed by atoms with Gasteiger partial charge in [-0.3, -0.25) is 9.59 Å². The Kier molecular flexibility index (Phi) is 9.09. The standard InChI is InChI=1S/C28H34F3N3O5S/c1-27(19-23(27)20-10-12-22(13-11-20)39-28(29,30)31)32-14-6-5-9-24(33-25(35)21-7-3-2-4-8-21)26(36)34-15-17-40(37,38)18-16-34/h2-4,7-8,10-13,23-24,32H,5-6,9,14-19H2,1H3,(H,33,35)/t23-,24-,27+/m0/s1. The summed E-state index contributed by atoms with van der Waals surface area (Å²) in [6.07, 6.45) is -2.09. The van der Waals surface area contributed by atoms with Gasteiger partial charge >= 0.3 is 6.36 Å². The Bertz CT molecular complexity index is 1270. The van der Waals surface area contributed by atoms with Crippen molar-refractivity contribution in [3.63, 3.8) is 0 Å². The van der Waals surface area contributed by atoms with E-state index in [9.17, 15) is 31.2 Å². The van der Waals surface area contributed by atoms with Crippen molar-refractivity contribution in [2.24, 2.45) is 0 Å². The van der Waals surface area contributed by atoms with Gasteiger partial charge in [-0.15, -0.1) is 13.2 Å². The van der Waals surface area contributed by atoms with E-state index >= 15 is 0 Å². The number of sulfone groups is 1. The SMILES string of the molecule is C[C@@]1(NCCCC[C@H](NC(=O)c2ccccc2)C(=O)N2CCS(=O)(=O)CC2)C[C@H]1c1ccc(OC(F)(F)F)cc1. The van der Waals surface area contributed by atoms with E-state index in [0.29, 0.717) is 24.9 Å². The summed E-state index contributed by atoms with van der Waals surface area (Å²) in [5.74, 6) is -0.885. The van der Waals surface area contributed by atoms with Crippen molar-refractivity contribution in [2.45, 2.75) is 56.5 Å². The third-order valence-electron chi connectivity index (χ3n) is 7.50. The number of carbonyl (C=O) groups is 2. The van der Waals surface area contributed by atoms with Crippen molar-refractivity contribution >= 4 is 21.7 Å². The lowest BCUT2D eigenvalue weighted by Crippen LogP contribution is -2.52. The number of unbranched alkanes of at least 4 members (excludes halogenated alkanes) is 1. The van der Waals surface area contributed by atoms with Gasteiger partial charge in [-0.25, -0.2) is 8.42 Å². The first kappa shape index (κ1) is 29.9. The monoisotopic (exact) mass is 581 g/mol. The molecule has 1 aliphatic carbocycles. The molecule has 1 saturated heterocycles. The van der Waals surface area contributed by atoms with Gasteiger partial charge in [0.05, 0.1) is 11.5 Å². The third-order valence-corrected chi connectivity index (χ3v) is 9.11. The van der Waals surface area contributed by atoms with Crippen molar-refractivity contribution in [1.82, 2.24) is 15.5 Å². The van der Waals surface area contributed by atoms with E-state index in [1.54, 1.807) is 42.5 Å². The van der Waals surface area contributed by atoms with Crippen LogP contribution < -0.4 is 15.4 Å². The molecule has 2 fully saturated rings. The smallest absolute Gasteiger partial charge is 0.406 e.